The maximum absolute atomic E-state index is 11.8. The summed E-state index contributed by atoms with van der Waals surface area (Å²) in [7, 11) is 0. The number of thiazole rings is 1. The summed E-state index contributed by atoms with van der Waals surface area (Å²) in [6.07, 6.45) is 0.685. The fourth-order valence-electron chi connectivity index (χ4n) is 2.36. The molecule has 0 radical (unpaired) electrons. The van der Waals surface area contributed by atoms with Gasteiger partial charge in [0.05, 0.1) is 21.8 Å². The molecule has 0 saturated heterocycles. The molecule has 0 fully saturated rings. The zero-order valence-corrected chi connectivity index (χ0v) is 14.0. The molecule has 0 saturated carbocycles. The number of amides is 1. The maximum atomic E-state index is 11.8. The Hall–Kier alpha value is -2.44. The number of aromatic hydroxyl groups is 1. The van der Waals surface area contributed by atoms with Crippen LogP contribution in [-0.4, -0.2) is 29.1 Å². The highest BCUT2D eigenvalue weighted by Crippen LogP contribution is 2.25. The van der Waals surface area contributed by atoms with E-state index in [1.54, 1.807) is 29.5 Å². The Labute approximate surface area is 144 Å². The van der Waals surface area contributed by atoms with E-state index in [2.05, 4.69) is 15.6 Å². The number of hydrogen-bond donors (Lipinski definition) is 3. The Morgan fingerprint density at radius 2 is 2.00 bits per heavy atom. The van der Waals surface area contributed by atoms with E-state index >= 15 is 0 Å². The fourth-order valence-corrected chi connectivity index (χ4v) is 3.36. The molecule has 1 amide bonds. The molecule has 0 unspecified atom stereocenters. The summed E-state index contributed by atoms with van der Waals surface area (Å²) in [4.78, 5) is 16.3. The minimum Gasteiger partial charge on any atom is -0.508 e. The normalized spacial score (nSPS) is 10.8. The minimum absolute atomic E-state index is 0.0234. The second kappa shape index (κ2) is 7.90. The van der Waals surface area contributed by atoms with E-state index in [9.17, 15) is 9.90 Å². The molecular formula is C18H19N3O2S. The van der Waals surface area contributed by atoms with Gasteiger partial charge in [-0.2, -0.15) is 0 Å². The first-order chi connectivity index (χ1) is 11.7. The molecule has 2 aromatic carbocycles. The van der Waals surface area contributed by atoms with Gasteiger partial charge in [-0.15, -0.1) is 11.3 Å². The third kappa shape index (κ3) is 4.53. The SMILES string of the molecule is O=C(CNCc1ccccc1)NCCc1nc2ccc(O)cc2s1. The van der Waals surface area contributed by atoms with Crippen LogP contribution < -0.4 is 10.6 Å². The zero-order chi connectivity index (χ0) is 16.8. The van der Waals surface area contributed by atoms with Gasteiger partial charge in [-0.3, -0.25) is 4.79 Å². The average molecular weight is 341 g/mol. The summed E-state index contributed by atoms with van der Waals surface area (Å²) in [6.45, 7) is 1.52. The van der Waals surface area contributed by atoms with Crippen LogP contribution in [0.4, 0.5) is 0 Å². The van der Waals surface area contributed by atoms with E-state index in [1.165, 1.54) is 0 Å². The number of aromatic nitrogens is 1. The molecule has 0 aliphatic rings. The lowest BCUT2D eigenvalue weighted by molar-refractivity contribution is -0.120. The first-order valence-electron chi connectivity index (χ1n) is 7.80. The summed E-state index contributed by atoms with van der Waals surface area (Å²) >= 11 is 1.54. The van der Waals surface area contributed by atoms with Crippen LogP contribution in [0.15, 0.2) is 48.5 Å². The van der Waals surface area contributed by atoms with Gasteiger partial charge in [-0.05, 0) is 23.8 Å². The number of carbonyl (C=O) groups is 1. The molecule has 1 aromatic heterocycles. The van der Waals surface area contributed by atoms with E-state index in [-0.39, 0.29) is 11.7 Å². The van der Waals surface area contributed by atoms with Gasteiger partial charge in [0.2, 0.25) is 5.91 Å². The number of nitrogens with one attached hydrogen (secondary N) is 2. The highest BCUT2D eigenvalue weighted by Gasteiger charge is 2.06. The van der Waals surface area contributed by atoms with Crippen LogP contribution in [0.1, 0.15) is 10.6 Å². The van der Waals surface area contributed by atoms with Crippen molar-refractivity contribution >= 4 is 27.5 Å². The van der Waals surface area contributed by atoms with Crippen molar-refractivity contribution in [1.82, 2.24) is 15.6 Å². The standard InChI is InChI=1S/C18H19N3O2S/c22-14-6-7-15-16(10-14)24-18(21-15)8-9-20-17(23)12-19-11-13-4-2-1-3-5-13/h1-7,10,19,22H,8-9,11-12H2,(H,20,23). The lowest BCUT2D eigenvalue weighted by Crippen LogP contribution is -2.34. The Balaban J connectivity index is 1.39. The molecule has 0 spiro atoms. The van der Waals surface area contributed by atoms with E-state index < -0.39 is 0 Å². The van der Waals surface area contributed by atoms with Crippen LogP contribution in [0.5, 0.6) is 5.75 Å². The molecule has 1 heterocycles. The van der Waals surface area contributed by atoms with Crippen molar-refractivity contribution in [3.8, 4) is 5.75 Å². The smallest absolute Gasteiger partial charge is 0.233 e. The molecule has 24 heavy (non-hydrogen) atoms. The molecule has 0 atom stereocenters. The van der Waals surface area contributed by atoms with Crippen LogP contribution in [-0.2, 0) is 17.8 Å². The van der Waals surface area contributed by atoms with Gasteiger partial charge in [-0.25, -0.2) is 4.98 Å². The van der Waals surface area contributed by atoms with E-state index in [0.717, 1.165) is 20.8 Å². The maximum Gasteiger partial charge on any atom is 0.233 e. The van der Waals surface area contributed by atoms with Crippen molar-refractivity contribution in [1.29, 1.82) is 0 Å². The number of phenolic OH excluding ortho intramolecular Hbond substituents is 1. The highest BCUT2D eigenvalue weighted by atomic mass is 32.1. The molecule has 3 N–H and O–H groups in total. The van der Waals surface area contributed by atoms with Gasteiger partial charge in [0.15, 0.2) is 0 Å². The minimum atomic E-state index is -0.0234. The van der Waals surface area contributed by atoms with Crippen molar-refractivity contribution < 1.29 is 9.90 Å². The summed E-state index contributed by atoms with van der Waals surface area (Å²) in [6, 6.07) is 15.1. The first kappa shape index (κ1) is 16.4. The van der Waals surface area contributed by atoms with Crippen LogP contribution in [0.25, 0.3) is 10.2 Å². The van der Waals surface area contributed by atoms with E-state index in [0.29, 0.717) is 26.1 Å². The van der Waals surface area contributed by atoms with Gasteiger partial charge in [0.25, 0.3) is 0 Å². The Morgan fingerprint density at radius 3 is 2.83 bits per heavy atom. The second-order valence-corrected chi connectivity index (χ2v) is 6.56. The third-order valence-electron chi connectivity index (χ3n) is 3.53. The Morgan fingerprint density at radius 1 is 1.17 bits per heavy atom. The van der Waals surface area contributed by atoms with Crippen LogP contribution in [0, 0.1) is 0 Å². The highest BCUT2D eigenvalue weighted by molar-refractivity contribution is 7.18. The lowest BCUT2D eigenvalue weighted by Gasteiger charge is -2.06. The van der Waals surface area contributed by atoms with Gasteiger partial charge in [0, 0.05) is 19.5 Å². The predicted molar refractivity (Wildman–Crippen MR) is 96.1 cm³/mol. The van der Waals surface area contributed by atoms with Crippen molar-refractivity contribution in [2.45, 2.75) is 13.0 Å². The molecule has 3 rings (SSSR count). The molecule has 0 aliphatic heterocycles. The molecule has 124 valence electrons. The monoisotopic (exact) mass is 341 g/mol. The number of fused-ring (bicyclic) bond motifs is 1. The molecule has 3 aromatic rings. The fraction of sp³-hybridized carbons (Fsp3) is 0.222. The first-order valence-corrected chi connectivity index (χ1v) is 8.62. The Bertz CT molecular complexity index is 818. The molecule has 0 bridgehead atoms. The number of rotatable bonds is 7. The number of hydrogen-bond acceptors (Lipinski definition) is 5. The quantitative estimate of drug-likeness (QED) is 0.617. The van der Waals surface area contributed by atoms with Crippen LogP contribution >= 0.6 is 11.3 Å². The number of benzene rings is 2. The van der Waals surface area contributed by atoms with E-state index in [4.69, 9.17) is 0 Å². The predicted octanol–water partition coefficient (Wildman–Crippen LogP) is 2.45. The molecule has 6 heteroatoms. The summed E-state index contributed by atoms with van der Waals surface area (Å²) < 4.78 is 0.959. The van der Waals surface area contributed by atoms with Gasteiger partial charge >= 0.3 is 0 Å². The topological polar surface area (TPSA) is 74.2 Å². The van der Waals surface area contributed by atoms with Gasteiger partial charge < -0.3 is 15.7 Å². The summed E-state index contributed by atoms with van der Waals surface area (Å²) in [5.74, 6) is 0.222. The van der Waals surface area contributed by atoms with Gasteiger partial charge in [-0.1, -0.05) is 30.3 Å². The van der Waals surface area contributed by atoms with Crippen molar-refractivity contribution in [3.05, 3.63) is 59.1 Å². The number of phenols is 1. The molecular weight excluding hydrogens is 322 g/mol. The lowest BCUT2D eigenvalue weighted by atomic mass is 10.2. The zero-order valence-electron chi connectivity index (χ0n) is 13.2. The van der Waals surface area contributed by atoms with E-state index in [1.807, 2.05) is 30.3 Å². The van der Waals surface area contributed by atoms with Crippen molar-refractivity contribution in [3.63, 3.8) is 0 Å². The van der Waals surface area contributed by atoms with Crippen LogP contribution in [0.2, 0.25) is 0 Å². The molecule has 0 aliphatic carbocycles. The third-order valence-corrected chi connectivity index (χ3v) is 4.61. The van der Waals surface area contributed by atoms with Crippen molar-refractivity contribution in [2.75, 3.05) is 13.1 Å². The average Bonchev–Trinajstić information content (AvgIpc) is 2.97. The van der Waals surface area contributed by atoms with Crippen LogP contribution in [0.3, 0.4) is 0 Å². The molecule has 5 nitrogen and oxygen atoms in total. The largest absolute Gasteiger partial charge is 0.508 e. The number of nitrogens with zero attached hydrogens (tertiary/aromatic N) is 1. The van der Waals surface area contributed by atoms with Crippen molar-refractivity contribution in [2.24, 2.45) is 0 Å². The summed E-state index contributed by atoms with van der Waals surface area (Å²) in [5.41, 5.74) is 2.03. The summed E-state index contributed by atoms with van der Waals surface area (Å²) in [5, 5.41) is 16.4. The number of carbonyl (C=O) groups excluding carboxylic acids is 1. The van der Waals surface area contributed by atoms with Gasteiger partial charge in [0.1, 0.15) is 5.75 Å². The Kier molecular flexibility index (Phi) is 5.40. The second-order valence-electron chi connectivity index (χ2n) is 5.45.